The fourth-order valence-electron chi connectivity index (χ4n) is 2.70. The van der Waals surface area contributed by atoms with Gasteiger partial charge in [0.05, 0.1) is 17.3 Å². The fourth-order valence-corrected chi connectivity index (χ4v) is 2.83. The molecule has 0 radical (unpaired) electrons. The van der Waals surface area contributed by atoms with Crippen molar-refractivity contribution in [3.05, 3.63) is 77.2 Å². The van der Waals surface area contributed by atoms with Crippen LogP contribution in [-0.2, 0) is 6.54 Å². The predicted molar refractivity (Wildman–Crippen MR) is 100 cm³/mol. The third-order valence-corrected chi connectivity index (χ3v) is 4.17. The number of benzene rings is 2. The lowest BCUT2D eigenvalue weighted by atomic mass is 10.2. The van der Waals surface area contributed by atoms with E-state index < -0.39 is 0 Å². The van der Waals surface area contributed by atoms with E-state index in [4.69, 9.17) is 11.6 Å². The first-order chi connectivity index (χ1) is 12.2. The van der Waals surface area contributed by atoms with Crippen LogP contribution in [0.2, 0.25) is 5.02 Å². The molecule has 0 bridgehead atoms. The van der Waals surface area contributed by atoms with Gasteiger partial charge in [0.25, 0.3) is 0 Å². The van der Waals surface area contributed by atoms with E-state index in [1.807, 2.05) is 49.4 Å². The Labute approximate surface area is 150 Å². The lowest BCUT2D eigenvalue weighted by Crippen LogP contribution is -2.05. The van der Waals surface area contributed by atoms with Crippen LogP contribution in [-0.4, -0.2) is 19.7 Å². The highest BCUT2D eigenvalue weighted by molar-refractivity contribution is 6.30. The van der Waals surface area contributed by atoms with Gasteiger partial charge in [0.15, 0.2) is 5.65 Å². The quantitative estimate of drug-likeness (QED) is 0.593. The Kier molecular flexibility index (Phi) is 4.07. The van der Waals surface area contributed by atoms with E-state index in [2.05, 4.69) is 32.5 Å². The second-order valence-electron chi connectivity index (χ2n) is 5.73. The second-order valence-corrected chi connectivity index (χ2v) is 6.17. The molecule has 0 fully saturated rings. The topological polar surface area (TPSA) is 55.6 Å². The molecule has 6 heteroatoms. The van der Waals surface area contributed by atoms with Crippen molar-refractivity contribution in [1.82, 2.24) is 19.7 Å². The van der Waals surface area contributed by atoms with Crippen LogP contribution in [0.5, 0.6) is 0 Å². The van der Waals surface area contributed by atoms with Crippen molar-refractivity contribution in [1.29, 1.82) is 0 Å². The fraction of sp³-hybridized carbons (Fsp3) is 0.105. The van der Waals surface area contributed by atoms with Gasteiger partial charge in [0.1, 0.15) is 11.6 Å². The number of aromatic nitrogens is 4. The monoisotopic (exact) mass is 349 g/mol. The summed E-state index contributed by atoms with van der Waals surface area (Å²) in [5.74, 6) is 1.48. The molecule has 0 unspecified atom stereocenters. The number of aryl methyl sites for hydroxylation is 1. The maximum Gasteiger partial charge on any atom is 0.168 e. The molecule has 0 saturated carbocycles. The van der Waals surface area contributed by atoms with Crippen LogP contribution >= 0.6 is 11.6 Å². The van der Waals surface area contributed by atoms with E-state index in [-0.39, 0.29) is 0 Å². The van der Waals surface area contributed by atoms with Crippen molar-refractivity contribution in [3.8, 4) is 5.69 Å². The molecule has 0 aliphatic carbocycles. The minimum atomic E-state index is 0.691. The number of hydrogen-bond acceptors (Lipinski definition) is 4. The number of rotatable bonds is 4. The molecule has 0 aliphatic heterocycles. The average molecular weight is 350 g/mol. The molecule has 5 nitrogen and oxygen atoms in total. The number of halogens is 1. The van der Waals surface area contributed by atoms with Gasteiger partial charge in [-0.25, -0.2) is 14.6 Å². The van der Waals surface area contributed by atoms with Crippen molar-refractivity contribution in [2.45, 2.75) is 13.5 Å². The third kappa shape index (κ3) is 3.19. The van der Waals surface area contributed by atoms with Gasteiger partial charge in [0.2, 0.25) is 0 Å². The molecule has 124 valence electrons. The smallest absolute Gasteiger partial charge is 0.168 e. The molecular formula is C19H16ClN5. The number of hydrogen-bond donors (Lipinski definition) is 1. The molecule has 0 atom stereocenters. The van der Waals surface area contributed by atoms with Gasteiger partial charge in [0, 0.05) is 11.6 Å². The van der Waals surface area contributed by atoms with E-state index in [0.29, 0.717) is 17.4 Å². The van der Waals surface area contributed by atoms with Crippen LogP contribution in [0.25, 0.3) is 16.7 Å². The summed E-state index contributed by atoms with van der Waals surface area (Å²) < 4.78 is 1.80. The minimum Gasteiger partial charge on any atom is -0.365 e. The normalized spacial score (nSPS) is 11.0. The Bertz CT molecular complexity index is 1010. The van der Waals surface area contributed by atoms with Gasteiger partial charge in [-0.05, 0) is 36.8 Å². The first-order valence-electron chi connectivity index (χ1n) is 7.97. The second kappa shape index (κ2) is 6.53. The number of anilines is 1. The summed E-state index contributed by atoms with van der Waals surface area (Å²) in [6.45, 7) is 2.57. The van der Waals surface area contributed by atoms with Gasteiger partial charge in [-0.3, -0.25) is 0 Å². The number of nitrogens with one attached hydrogen (secondary N) is 1. The van der Waals surface area contributed by atoms with Crippen LogP contribution in [0.3, 0.4) is 0 Å². The predicted octanol–water partition coefficient (Wildman–Crippen LogP) is 4.39. The van der Waals surface area contributed by atoms with Crippen LogP contribution in [0.4, 0.5) is 5.82 Å². The van der Waals surface area contributed by atoms with Crippen molar-refractivity contribution in [2.75, 3.05) is 5.32 Å². The van der Waals surface area contributed by atoms with Crippen LogP contribution < -0.4 is 5.32 Å². The lowest BCUT2D eigenvalue weighted by molar-refractivity contribution is 0.889. The summed E-state index contributed by atoms with van der Waals surface area (Å²) in [6.07, 6.45) is 1.79. The van der Waals surface area contributed by atoms with E-state index in [0.717, 1.165) is 22.5 Å². The Morgan fingerprint density at radius 1 is 1.00 bits per heavy atom. The summed E-state index contributed by atoms with van der Waals surface area (Å²) in [4.78, 5) is 9.11. The van der Waals surface area contributed by atoms with Crippen molar-refractivity contribution >= 4 is 28.5 Å². The van der Waals surface area contributed by atoms with E-state index >= 15 is 0 Å². The maximum atomic E-state index is 5.98. The highest BCUT2D eigenvalue weighted by Crippen LogP contribution is 2.24. The van der Waals surface area contributed by atoms with Crippen LogP contribution in [0.15, 0.2) is 60.8 Å². The van der Waals surface area contributed by atoms with Gasteiger partial charge < -0.3 is 5.32 Å². The SMILES string of the molecule is Cc1nc(NCc2ccccc2)c2cnn(-c3ccc(Cl)cc3)c2n1. The van der Waals surface area contributed by atoms with Gasteiger partial charge in [-0.15, -0.1) is 0 Å². The summed E-state index contributed by atoms with van der Waals surface area (Å²) in [7, 11) is 0. The molecule has 25 heavy (non-hydrogen) atoms. The number of fused-ring (bicyclic) bond motifs is 1. The van der Waals surface area contributed by atoms with E-state index in [1.54, 1.807) is 10.9 Å². The molecule has 2 aromatic carbocycles. The molecule has 0 aliphatic rings. The Morgan fingerprint density at radius 2 is 1.76 bits per heavy atom. The molecule has 2 heterocycles. The molecule has 4 rings (SSSR count). The van der Waals surface area contributed by atoms with Crippen molar-refractivity contribution in [3.63, 3.8) is 0 Å². The molecule has 2 aromatic heterocycles. The molecular weight excluding hydrogens is 334 g/mol. The Balaban J connectivity index is 1.72. The zero-order valence-electron chi connectivity index (χ0n) is 13.6. The van der Waals surface area contributed by atoms with E-state index in [1.165, 1.54) is 5.56 Å². The molecule has 0 saturated heterocycles. The Hall–Kier alpha value is -2.92. The zero-order chi connectivity index (χ0) is 17.2. The summed E-state index contributed by atoms with van der Waals surface area (Å²) in [6, 6.07) is 17.7. The van der Waals surface area contributed by atoms with E-state index in [9.17, 15) is 0 Å². The highest BCUT2D eigenvalue weighted by atomic mass is 35.5. The minimum absolute atomic E-state index is 0.691. The van der Waals surface area contributed by atoms with Crippen molar-refractivity contribution < 1.29 is 0 Å². The third-order valence-electron chi connectivity index (χ3n) is 3.91. The summed E-state index contributed by atoms with van der Waals surface area (Å²) in [5, 5.41) is 9.45. The largest absolute Gasteiger partial charge is 0.365 e. The molecule has 0 amide bonds. The molecule has 1 N–H and O–H groups in total. The van der Waals surface area contributed by atoms with Gasteiger partial charge in [-0.1, -0.05) is 41.9 Å². The first-order valence-corrected chi connectivity index (χ1v) is 8.34. The average Bonchev–Trinajstić information content (AvgIpc) is 3.05. The Morgan fingerprint density at radius 3 is 2.52 bits per heavy atom. The van der Waals surface area contributed by atoms with Gasteiger partial charge >= 0.3 is 0 Å². The van der Waals surface area contributed by atoms with Crippen molar-refractivity contribution in [2.24, 2.45) is 0 Å². The number of nitrogens with zero attached hydrogens (tertiary/aromatic N) is 4. The molecule has 4 aromatic rings. The summed E-state index contributed by atoms with van der Waals surface area (Å²) >= 11 is 5.98. The lowest BCUT2D eigenvalue weighted by Gasteiger charge is -2.08. The van der Waals surface area contributed by atoms with Crippen LogP contribution in [0.1, 0.15) is 11.4 Å². The highest BCUT2D eigenvalue weighted by Gasteiger charge is 2.12. The maximum absolute atomic E-state index is 5.98. The standard InChI is InChI=1S/C19H16ClN5/c1-13-23-18(21-11-14-5-3-2-4-6-14)17-12-22-25(19(17)24-13)16-9-7-15(20)8-10-16/h2-10,12H,11H2,1H3,(H,21,23,24). The first kappa shape index (κ1) is 15.6. The summed E-state index contributed by atoms with van der Waals surface area (Å²) in [5.41, 5.74) is 2.87. The molecule has 0 spiro atoms. The zero-order valence-corrected chi connectivity index (χ0v) is 14.4. The van der Waals surface area contributed by atoms with Gasteiger partial charge in [-0.2, -0.15) is 5.10 Å². The van der Waals surface area contributed by atoms with Crippen LogP contribution in [0, 0.1) is 6.92 Å².